The van der Waals surface area contributed by atoms with Crippen LogP contribution in [0.3, 0.4) is 0 Å². The highest BCUT2D eigenvalue weighted by atomic mass is 16.5. The van der Waals surface area contributed by atoms with Gasteiger partial charge in [-0.25, -0.2) is 0 Å². The molecule has 0 aliphatic heterocycles. The third-order valence-corrected chi connectivity index (χ3v) is 4.08. The fourth-order valence-electron chi connectivity index (χ4n) is 3.02. The summed E-state index contributed by atoms with van der Waals surface area (Å²) in [4.78, 5) is 13.5. The van der Waals surface area contributed by atoms with Crippen molar-refractivity contribution in [3.05, 3.63) is 108 Å². The van der Waals surface area contributed by atoms with Crippen LogP contribution in [0.15, 0.2) is 91.0 Å². The molecule has 0 saturated carbocycles. The first-order chi connectivity index (χ1) is 11.8. The summed E-state index contributed by atoms with van der Waals surface area (Å²) in [5, 5.41) is 0. The van der Waals surface area contributed by atoms with Gasteiger partial charge in [0.05, 0.1) is 0 Å². The van der Waals surface area contributed by atoms with Crippen molar-refractivity contribution >= 4 is 5.78 Å². The summed E-state index contributed by atoms with van der Waals surface area (Å²) in [5.74, 6) is -0.0534. The minimum Gasteiger partial charge on any atom is -0.358 e. The third-order valence-electron chi connectivity index (χ3n) is 4.08. The fraction of sp³-hybridized carbons (Fsp3) is 0.136. The largest absolute Gasteiger partial charge is 0.358 e. The van der Waals surface area contributed by atoms with Gasteiger partial charge in [0.15, 0.2) is 5.60 Å². The van der Waals surface area contributed by atoms with Gasteiger partial charge in [-0.1, -0.05) is 91.0 Å². The molecule has 0 aliphatic rings. The van der Waals surface area contributed by atoms with Crippen molar-refractivity contribution in [1.82, 2.24) is 0 Å². The third kappa shape index (κ3) is 2.89. The highest BCUT2D eigenvalue weighted by Gasteiger charge is 2.43. The average molecular weight is 316 g/mol. The smallest absolute Gasteiger partial charge is 0.203 e. The minimum absolute atomic E-state index is 0.0534. The lowest BCUT2D eigenvalue weighted by Gasteiger charge is -2.33. The van der Waals surface area contributed by atoms with E-state index in [1.54, 1.807) is 0 Å². The molecule has 24 heavy (non-hydrogen) atoms. The van der Waals surface area contributed by atoms with Crippen LogP contribution >= 0.6 is 0 Å². The molecule has 0 atom stereocenters. The number of hydrogen-bond donors (Lipinski definition) is 0. The summed E-state index contributed by atoms with van der Waals surface area (Å²) in [6.07, 6.45) is 0. The van der Waals surface area contributed by atoms with Gasteiger partial charge in [-0.05, 0) is 18.1 Å². The number of hydrogen-bond acceptors (Lipinski definition) is 2. The van der Waals surface area contributed by atoms with Crippen LogP contribution in [0.25, 0.3) is 0 Å². The molecule has 0 aromatic heterocycles. The Morgan fingerprint density at radius 2 is 1.17 bits per heavy atom. The van der Waals surface area contributed by atoms with E-state index in [0.29, 0.717) is 12.2 Å². The Kier molecular flexibility index (Phi) is 4.88. The van der Waals surface area contributed by atoms with Gasteiger partial charge < -0.3 is 4.74 Å². The highest BCUT2D eigenvalue weighted by molar-refractivity contribution is 6.05. The van der Waals surface area contributed by atoms with E-state index in [0.717, 1.165) is 11.1 Å². The van der Waals surface area contributed by atoms with Crippen LogP contribution in [0.1, 0.15) is 28.4 Å². The molecule has 0 aliphatic carbocycles. The Hall–Kier alpha value is -2.71. The zero-order valence-corrected chi connectivity index (χ0v) is 13.7. The number of carbonyl (C=O) groups excluding carboxylic acids is 1. The summed E-state index contributed by atoms with van der Waals surface area (Å²) >= 11 is 0. The quantitative estimate of drug-likeness (QED) is 0.608. The van der Waals surface area contributed by atoms with E-state index in [1.807, 2.05) is 97.9 Å². The van der Waals surface area contributed by atoms with Gasteiger partial charge in [-0.3, -0.25) is 4.79 Å². The molecule has 0 bridgehead atoms. The van der Waals surface area contributed by atoms with Crippen LogP contribution in [0.2, 0.25) is 0 Å². The summed E-state index contributed by atoms with van der Waals surface area (Å²) in [6, 6.07) is 28.7. The molecule has 0 saturated heterocycles. The molecule has 3 aromatic carbocycles. The van der Waals surface area contributed by atoms with Crippen molar-refractivity contribution < 1.29 is 9.53 Å². The van der Waals surface area contributed by atoms with Crippen molar-refractivity contribution in [3.8, 4) is 0 Å². The summed E-state index contributed by atoms with van der Waals surface area (Å²) in [7, 11) is 0. The Morgan fingerprint density at radius 1 is 0.750 bits per heavy atom. The summed E-state index contributed by atoms with van der Waals surface area (Å²) in [6.45, 7) is 2.35. The molecule has 0 heterocycles. The van der Waals surface area contributed by atoms with E-state index < -0.39 is 5.60 Å². The number of Topliss-reactive ketones (excluding diaryl/α,β-unsaturated/α-hetero) is 1. The average Bonchev–Trinajstić information content (AvgIpc) is 2.68. The zero-order valence-electron chi connectivity index (χ0n) is 13.7. The maximum atomic E-state index is 13.5. The van der Waals surface area contributed by atoms with Crippen LogP contribution in [-0.2, 0) is 10.3 Å². The molecule has 0 radical (unpaired) electrons. The van der Waals surface area contributed by atoms with Crippen molar-refractivity contribution in [2.45, 2.75) is 12.5 Å². The molecule has 0 fully saturated rings. The van der Waals surface area contributed by atoms with E-state index in [9.17, 15) is 4.79 Å². The molecule has 3 aromatic rings. The number of benzene rings is 3. The topological polar surface area (TPSA) is 26.3 Å². The molecular formula is C22H20O2. The van der Waals surface area contributed by atoms with Crippen LogP contribution in [0.5, 0.6) is 0 Å². The van der Waals surface area contributed by atoms with Gasteiger partial charge >= 0.3 is 0 Å². The maximum absolute atomic E-state index is 13.5. The van der Waals surface area contributed by atoms with Crippen molar-refractivity contribution in [3.63, 3.8) is 0 Å². The lowest BCUT2D eigenvalue weighted by Crippen LogP contribution is -2.40. The summed E-state index contributed by atoms with van der Waals surface area (Å²) < 4.78 is 6.17. The second-order valence-corrected chi connectivity index (χ2v) is 5.54. The predicted octanol–water partition coefficient (Wildman–Crippen LogP) is 4.85. The Labute approximate surface area is 142 Å². The SMILES string of the molecule is CCOC(C(=O)c1ccccc1)(c1ccccc1)c1ccccc1. The normalized spacial score (nSPS) is 11.2. The molecule has 3 rings (SSSR count). The van der Waals surface area contributed by atoms with Crippen molar-refractivity contribution in [1.29, 1.82) is 0 Å². The Morgan fingerprint density at radius 3 is 1.58 bits per heavy atom. The molecule has 0 N–H and O–H groups in total. The first kappa shape index (κ1) is 16.2. The number of carbonyl (C=O) groups is 1. The lowest BCUT2D eigenvalue weighted by molar-refractivity contribution is 0.000508. The standard InChI is InChI=1S/C22H20O2/c1-2-24-22(19-14-8-4-9-15-19,20-16-10-5-11-17-20)21(23)18-12-6-3-7-13-18/h3-17H,2H2,1H3. The molecule has 2 nitrogen and oxygen atoms in total. The number of ketones is 1. The fourth-order valence-corrected chi connectivity index (χ4v) is 3.02. The molecule has 0 unspecified atom stereocenters. The van der Waals surface area contributed by atoms with Crippen LogP contribution in [-0.4, -0.2) is 12.4 Å². The van der Waals surface area contributed by atoms with Gasteiger partial charge in [0, 0.05) is 12.2 Å². The highest BCUT2D eigenvalue weighted by Crippen LogP contribution is 2.37. The van der Waals surface area contributed by atoms with Gasteiger partial charge in [0.2, 0.25) is 5.78 Å². The minimum atomic E-state index is -1.14. The summed E-state index contributed by atoms with van der Waals surface area (Å²) in [5.41, 5.74) is 1.18. The van der Waals surface area contributed by atoms with Gasteiger partial charge in [-0.15, -0.1) is 0 Å². The van der Waals surface area contributed by atoms with Crippen molar-refractivity contribution in [2.75, 3.05) is 6.61 Å². The second-order valence-electron chi connectivity index (χ2n) is 5.54. The van der Waals surface area contributed by atoms with Gasteiger partial charge in [0.25, 0.3) is 0 Å². The Bertz CT molecular complexity index is 740. The first-order valence-corrected chi connectivity index (χ1v) is 8.14. The first-order valence-electron chi connectivity index (χ1n) is 8.14. The van der Waals surface area contributed by atoms with Gasteiger partial charge in [-0.2, -0.15) is 0 Å². The predicted molar refractivity (Wildman–Crippen MR) is 96.1 cm³/mol. The van der Waals surface area contributed by atoms with Crippen LogP contribution in [0, 0.1) is 0 Å². The monoisotopic (exact) mass is 316 g/mol. The zero-order chi connectivity index (χ0) is 16.8. The van der Waals surface area contributed by atoms with E-state index in [4.69, 9.17) is 4.74 Å². The van der Waals surface area contributed by atoms with E-state index in [2.05, 4.69) is 0 Å². The van der Waals surface area contributed by atoms with Crippen molar-refractivity contribution in [2.24, 2.45) is 0 Å². The van der Waals surface area contributed by atoms with Gasteiger partial charge in [0.1, 0.15) is 0 Å². The molecule has 2 heteroatoms. The Balaban J connectivity index is 2.25. The van der Waals surface area contributed by atoms with E-state index >= 15 is 0 Å². The van der Waals surface area contributed by atoms with Crippen LogP contribution in [0.4, 0.5) is 0 Å². The maximum Gasteiger partial charge on any atom is 0.203 e. The molecular weight excluding hydrogens is 296 g/mol. The van der Waals surface area contributed by atoms with E-state index in [-0.39, 0.29) is 5.78 Å². The molecule has 0 amide bonds. The van der Waals surface area contributed by atoms with Crippen LogP contribution < -0.4 is 0 Å². The number of ether oxygens (including phenoxy) is 1. The number of rotatable bonds is 6. The molecule has 120 valence electrons. The molecule has 0 spiro atoms. The van der Waals surface area contributed by atoms with E-state index in [1.165, 1.54) is 0 Å². The second kappa shape index (κ2) is 7.24. The lowest BCUT2D eigenvalue weighted by atomic mass is 9.80.